The quantitative estimate of drug-likeness (QED) is 0.252. The van der Waals surface area contributed by atoms with Gasteiger partial charge in [-0.05, 0) is 87.6 Å². The maximum Gasteiger partial charge on any atom is 0.261 e. The van der Waals surface area contributed by atoms with Gasteiger partial charge in [0.25, 0.3) is 5.91 Å². The van der Waals surface area contributed by atoms with Gasteiger partial charge in [-0.1, -0.05) is 30.0 Å². The van der Waals surface area contributed by atoms with Gasteiger partial charge >= 0.3 is 0 Å². The molecule has 28 heavy (non-hydrogen) atoms. The first kappa shape index (κ1) is 19.5. The van der Waals surface area contributed by atoms with Gasteiger partial charge in [-0.25, -0.2) is 4.98 Å². The van der Waals surface area contributed by atoms with Crippen molar-refractivity contribution in [3.8, 4) is 5.75 Å². The SMILES string of the molecule is O=C(Nc1nc2ccc(Sc3ccccc3)cc2[nH]1)c1cc(I)cc(I)c1O. The highest BCUT2D eigenvalue weighted by molar-refractivity contribution is 14.1. The second-order valence-corrected chi connectivity index (χ2v) is 9.47. The van der Waals surface area contributed by atoms with E-state index in [2.05, 4.69) is 50.0 Å². The number of aromatic hydroxyl groups is 1. The van der Waals surface area contributed by atoms with E-state index >= 15 is 0 Å². The number of fused-ring (bicyclic) bond motifs is 1. The molecule has 0 unspecified atom stereocenters. The second kappa shape index (κ2) is 8.29. The van der Waals surface area contributed by atoms with E-state index in [1.165, 1.54) is 0 Å². The molecule has 0 saturated heterocycles. The van der Waals surface area contributed by atoms with Crippen LogP contribution in [0.25, 0.3) is 11.0 Å². The monoisotopic (exact) mass is 613 g/mol. The molecule has 1 aromatic heterocycles. The first-order valence-electron chi connectivity index (χ1n) is 8.21. The Kier molecular flexibility index (Phi) is 5.78. The summed E-state index contributed by atoms with van der Waals surface area (Å²) in [5, 5.41) is 12.9. The van der Waals surface area contributed by atoms with Gasteiger partial charge < -0.3 is 10.1 Å². The number of hydrogen-bond acceptors (Lipinski definition) is 4. The molecule has 0 radical (unpaired) electrons. The van der Waals surface area contributed by atoms with Gasteiger partial charge in [0, 0.05) is 13.4 Å². The number of aromatic nitrogens is 2. The van der Waals surface area contributed by atoms with Crippen LogP contribution in [0.1, 0.15) is 10.4 Å². The number of imidazole rings is 1. The fraction of sp³-hybridized carbons (Fsp3) is 0. The van der Waals surface area contributed by atoms with Gasteiger partial charge in [0.05, 0.1) is 20.2 Å². The molecule has 1 heterocycles. The van der Waals surface area contributed by atoms with E-state index in [1.807, 2.05) is 59.0 Å². The number of amides is 1. The van der Waals surface area contributed by atoms with Crippen LogP contribution in [0.5, 0.6) is 5.75 Å². The van der Waals surface area contributed by atoms with Crippen LogP contribution in [0.4, 0.5) is 5.95 Å². The lowest BCUT2D eigenvalue weighted by atomic mass is 10.2. The zero-order chi connectivity index (χ0) is 19.7. The van der Waals surface area contributed by atoms with Crippen molar-refractivity contribution >= 4 is 79.8 Å². The van der Waals surface area contributed by atoms with E-state index in [1.54, 1.807) is 23.9 Å². The third kappa shape index (κ3) is 4.28. The highest BCUT2D eigenvalue weighted by atomic mass is 127. The van der Waals surface area contributed by atoms with Crippen LogP contribution in [-0.4, -0.2) is 21.0 Å². The predicted octanol–water partition coefficient (Wildman–Crippen LogP) is 5.88. The summed E-state index contributed by atoms with van der Waals surface area (Å²) in [6.07, 6.45) is 0. The van der Waals surface area contributed by atoms with Gasteiger partial charge in [0.1, 0.15) is 5.75 Å². The number of rotatable bonds is 4. The Balaban J connectivity index is 1.57. The molecule has 0 bridgehead atoms. The lowest BCUT2D eigenvalue weighted by Gasteiger charge is -2.07. The summed E-state index contributed by atoms with van der Waals surface area (Å²) in [5.41, 5.74) is 1.81. The maximum atomic E-state index is 12.6. The molecule has 3 aromatic carbocycles. The molecule has 1 amide bonds. The lowest BCUT2D eigenvalue weighted by molar-refractivity contribution is 0.102. The number of carbonyl (C=O) groups excluding carboxylic acids is 1. The Hall–Kier alpha value is -1.79. The lowest BCUT2D eigenvalue weighted by Crippen LogP contribution is -2.13. The van der Waals surface area contributed by atoms with Crippen molar-refractivity contribution in [1.29, 1.82) is 0 Å². The van der Waals surface area contributed by atoms with Crippen LogP contribution in [0.3, 0.4) is 0 Å². The maximum absolute atomic E-state index is 12.6. The summed E-state index contributed by atoms with van der Waals surface area (Å²) < 4.78 is 1.50. The molecule has 3 N–H and O–H groups in total. The summed E-state index contributed by atoms with van der Waals surface area (Å²) in [5.74, 6) is -0.0989. The summed E-state index contributed by atoms with van der Waals surface area (Å²) in [6, 6.07) is 19.5. The largest absolute Gasteiger partial charge is 0.506 e. The van der Waals surface area contributed by atoms with Gasteiger partial charge in [-0.15, -0.1) is 0 Å². The number of aromatic amines is 1. The zero-order valence-corrected chi connectivity index (χ0v) is 19.4. The third-order valence-corrected chi connectivity index (χ3v) is 6.38. The first-order valence-corrected chi connectivity index (χ1v) is 11.2. The van der Waals surface area contributed by atoms with Crippen molar-refractivity contribution in [1.82, 2.24) is 9.97 Å². The first-order chi connectivity index (χ1) is 13.5. The third-order valence-electron chi connectivity index (χ3n) is 3.94. The van der Waals surface area contributed by atoms with E-state index in [9.17, 15) is 9.90 Å². The smallest absolute Gasteiger partial charge is 0.261 e. The summed E-state index contributed by atoms with van der Waals surface area (Å²) in [4.78, 5) is 22.4. The average molecular weight is 613 g/mol. The van der Waals surface area contributed by atoms with E-state index in [0.29, 0.717) is 9.52 Å². The van der Waals surface area contributed by atoms with Crippen LogP contribution in [0, 0.1) is 7.14 Å². The minimum atomic E-state index is -0.410. The van der Waals surface area contributed by atoms with E-state index in [4.69, 9.17) is 0 Å². The van der Waals surface area contributed by atoms with Gasteiger partial charge in [-0.2, -0.15) is 0 Å². The molecular weight excluding hydrogens is 600 g/mol. The fourth-order valence-corrected chi connectivity index (χ4v) is 5.37. The van der Waals surface area contributed by atoms with Crippen molar-refractivity contribution in [3.63, 3.8) is 0 Å². The molecule has 0 aliphatic heterocycles. The van der Waals surface area contributed by atoms with Gasteiger partial charge in [0.2, 0.25) is 5.95 Å². The standard InChI is InChI=1S/C20H13I2N3O2S/c21-11-8-14(18(26)15(22)9-11)19(27)25-20-23-16-7-6-13(10-17(16)24-20)28-12-4-2-1-3-5-12/h1-10,26H,(H2,23,24,25,27). The van der Waals surface area contributed by atoms with Crippen LogP contribution >= 0.6 is 56.9 Å². The van der Waals surface area contributed by atoms with E-state index < -0.39 is 5.91 Å². The van der Waals surface area contributed by atoms with Gasteiger partial charge in [0.15, 0.2) is 0 Å². The summed E-state index contributed by atoms with van der Waals surface area (Å²) in [7, 11) is 0. The zero-order valence-electron chi connectivity index (χ0n) is 14.2. The molecule has 0 aliphatic carbocycles. The molecule has 5 nitrogen and oxygen atoms in total. The Morgan fingerprint density at radius 2 is 1.82 bits per heavy atom. The normalized spacial score (nSPS) is 10.9. The number of phenolic OH excluding ortho intramolecular Hbond substituents is 1. The average Bonchev–Trinajstić information content (AvgIpc) is 3.07. The molecule has 0 aliphatic rings. The van der Waals surface area contributed by atoms with Crippen LogP contribution in [-0.2, 0) is 0 Å². The van der Waals surface area contributed by atoms with Crippen molar-refractivity contribution < 1.29 is 9.90 Å². The number of nitrogens with one attached hydrogen (secondary N) is 2. The van der Waals surface area contributed by atoms with Crippen molar-refractivity contribution in [3.05, 3.63) is 73.4 Å². The number of nitrogens with zero attached hydrogens (tertiary/aromatic N) is 1. The highest BCUT2D eigenvalue weighted by Gasteiger charge is 2.16. The molecule has 0 fully saturated rings. The van der Waals surface area contributed by atoms with Crippen LogP contribution in [0.15, 0.2) is 70.5 Å². The number of benzene rings is 3. The number of hydrogen-bond donors (Lipinski definition) is 3. The predicted molar refractivity (Wildman–Crippen MR) is 128 cm³/mol. The minimum absolute atomic E-state index is 0.0313. The minimum Gasteiger partial charge on any atom is -0.506 e. The Morgan fingerprint density at radius 1 is 1.04 bits per heavy atom. The fourth-order valence-electron chi connectivity index (χ4n) is 2.65. The van der Waals surface area contributed by atoms with Gasteiger partial charge in [-0.3, -0.25) is 10.1 Å². The van der Waals surface area contributed by atoms with Crippen LogP contribution < -0.4 is 5.32 Å². The number of carbonyl (C=O) groups is 1. The highest BCUT2D eigenvalue weighted by Crippen LogP contribution is 2.30. The summed E-state index contributed by atoms with van der Waals surface area (Å²) in [6.45, 7) is 0. The molecule has 0 saturated carbocycles. The number of anilines is 1. The molecule has 8 heteroatoms. The molecule has 140 valence electrons. The summed E-state index contributed by atoms with van der Waals surface area (Å²) >= 11 is 5.78. The van der Waals surface area contributed by atoms with E-state index in [0.717, 1.165) is 24.4 Å². The van der Waals surface area contributed by atoms with Crippen molar-refractivity contribution in [2.24, 2.45) is 0 Å². The Labute approximate surface area is 192 Å². The molecule has 0 spiro atoms. The van der Waals surface area contributed by atoms with E-state index in [-0.39, 0.29) is 11.3 Å². The number of H-pyrrole nitrogens is 1. The van der Waals surface area contributed by atoms with Crippen molar-refractivity contribution in [2.45, 2.75) is 9.79 Å². The molecule has 0 atom stereocenters. The molecule has 4 rings (SSSR count). The molecule has 4 aromatic rings. The van der Waals surface area contributed by atoms with Crippen LogP contribution in [0.2, 0.25) is 0 Å². The molecular formula is C20H13I2N3O2S. The topological polar surface area (TPSA) is 78.0 Å². The Morgan fingerprint density at radius 3 is 2.61 bits per heavy atom. The second-order valence-electron chi connectivity index (χ2n) is 5.92. The van der Waals surface area contributed by atoms with Crippen molar-refractivity contribution in [2.75, 3.05) is 5.32 Å². The number of phenols is 1. The number of halogens is 2. The Bertz CT molecular complexity index is 1180.